The first-order valence-corrected chi connectivity index (χ1v) is 12.4. The molecule has 3 N–H and O–H groups in total. The van der Waals surface area contributed by atoms with Crippen molar-refractivity contribution in [3.63, 3.8) is 0 Å². The van der Waals surface area contributed by atoms with Gasteiger partial charge in [0.1, 0.15) is 0 Å². The van der Waals surface area contributed by atoms with E-state index in [1.807, 2.05) is 12.1 Å². The number of allylic oxidation sites excluding steroid dienone is 5. The van der Waals surface area contributed by atoms with E-state index in [0.29, 0.717) is 5.92 Å². The van der Waals surface area contributed by atoms with Gasteiger partial charge >= 0.3 is 5.97 Å². The minimum Gasteiger partial charge on any atom is -0.478 e. The Bertz CT molecular complexity index is 1180. The summed E-state index contributed by atoms with van der Waals surface area (Å²) in [4.78, 5) is 10.9. The predicted molar refractivity (Wildman–Crippen MR) is 145 cm³/mol. The van der Waals surface area contributed by atoms with Gasteiger partial charge in [0.25, 0.3) is 0 Å². The molecule has 0 amide bonds. The van der Waals surface area contributed by atoms with Crippen molar-refractivity contribution in [2.24, 2.45) is 5.92 Å². The number of carboxylic acid groups (broad SMARTS) is 1. The van der Waals surface area contributed by atoms with Gasteiger partial charge in [-0.1, -0.05) is 92.9 Å². The summed E-state index contributed by atoms with van der Waals surface area (Å²) in [5.74, 6) is -0.267. The summed E-state index contributed by atoms with van der Waals surface area (Å²) in [6, 6.07) is 18.7. The Morgan fingerprint density at radius 3 is 2.34 bits per heavy atom. The summed E-state index contributed by atoms with van der Waals surface area (Å²) in [7, 11) is 0. The van der Waals surface area contributed by atoms with Gasteiger partial charge in [-0.15, -0.1) is 0 Å². The molecular formula is C31H34N2O2. The Morgan fingerprint density at radius 2 is 1.71 bits per heavy atom. The molecule has 2 aliphatic rings. The van der Waals surface area contributed by atoms with Gasteiger partial charge in [0, 0.05) is 18.3 Å². The second-order valence-corrected chi connectivity index (χ2v) is 9.40. The lowest BCUT2D eigenvalue weighted by atomic mass is 9.84. The lowest BCUT2D eigenvalue weighted by molar-refractivity contribution is -0.131. The Labute approximate surface area is 208 Å². The highest BCUT2D eigenvalue weighted by molar-refractivity contribution is 5.99. The molecule has 1 heterocycles. The third-order valence-electron chi connectivity index (χ3n) is 6.82. The standard InChI is InChI=1S/C31H34N2O2/c1-22(12-18-29-23(2)21-32-33-29)31(27-16-13-24(14-17-27)15-19-30(34)35)28(20-25-8-6-7-9-25)26-10-4-3-5-11-26/h3-5,10-19,25,32-33H,1,6-9,20-21H2,2H3,(H,34,35)/b18-12-,19-15+,31-28-. The maximum Gasteiger partial charge on any atom is 0.328 e. The lowest BCUT2D eigenvalue weighted by Gasteiger charge is -2.20. The molecule has 1 fully saturated rings. The largest absolute Gasteiger partial charge is 0.478 e. The molecule has 180 valence electrons. The fraction of sp³-hybridized carbons (Fsp3) is 0.258. The molecule has 4 rings (SSSR count). The number of carboxylic acids is 1. The van der Waals surface area contributed by atoms with Crippen LogP contribution in [-0.2, 0) is 4.79 Å². The van der Waals surface area contributed by atoms with Crippen molar-refractivity contribution >= 4 is 23.2 Å². The number of aliphatic carboxylic acids is 1. The molecule has 1 aliphatic heterocycles. The molecule has 2 aromatic rings. The van der Waals surface area contributed by atoms with Crippen LogP contribution in [0.3, 0.4) is 0 Å². The van der Waals surface area contributed by atoms with Crippen molar-refractivity contribution < 1.29 is 9.90 Å². The van der Waals surface area contributed by atoms with E-state index in [2.05, 4.69) is 79.0 Å². The fourth-order valence-corrected chi connectivity index (χ4v) is 4.91. The summed E-state index contributed by atoms with van der Waals surface area (Å²) >= 11 is 0. The van der Waals surface area contributed by atoms with Gasteiger partial charge in [0.05, 0.1) is 0 Å². The van der Waals surface area contributed by atoms with Crippen LogP contribution in [0.4, 0.5) is 0 Å². The van der Waals surface area contributed by atoms with Crippen molar-refractivity contribution in [1.82, 2.24) is 10.9 Å². The second-order valence-electron chi connectivity index (χ2n) is 9.40. The molecule has 35 heavy (non-hydrogen) atoms. The highest BCUT2D eigenvalue weighted by Gasteiger charge is 2.21. The normalized spacial score (nSPS) is 17.3. The number of hydrogen-bond acceptors (Lipinski definition) is 3. The molecule has 0 radical (unpaired) electrons. The summed E-state index contributed by atoms with van der Waals surface area (Å²) < 4.78 is 0. The van der Waals surface area contributed by atoms with E-state index < -0.39 is 5.97 Å². The van der Waals surface area contributed by atoms with E-state index in [1.165, 1.54) is 48.5 Å². The first-order chi connectivity index (χ1) is 17.0. The number of hydrazine groups is 1. The van der Waals surface area contributed by atoms with Crippen LogP contribution in [0, 0.1) is 5.92 Å². The highest BCUT2D eigenvalue weighted by atomic mass is 16.4. The van der Waals surface area contributed by atoms with E-state index in [0.717, 1.165) is 40.9 Å². The molecule has 0 atom stereocenters. The van der Waals surface area contributed by atoms with Crippen molar-refractivity contribution in [2.45, 2.75) is 39.0 Å². The summed E-state index contributed by atoms with van der Waals surface area (Å²) in [5.41, 5.74) is 15.3. The van der Waals surface area contributed by atoms with Gasteiger partial charge in [-0.3, -0.25) is 0 Å². The molecule has 0 spiro atoms. The first-order valence-electron chi connectivity index (χ1n) is 12.4. The van der Waals surface area contributed by atoms with Gasteiger partial charge in [-0.25, -0.2) is 10.2 Å². The van der Waals surface area contributed by atoms with Crippen LogP contribution >= 0.6 is 0 Å². The smallest absolute Gasteiger partial charge is 0.328 e. The van der Waals surface area contributed by atoms with E-state index in [-0.39, 0.29) is 0 Å². The zero-order chi connectivity index (χ0) is 24.6. The van der Waals surface area contributed by atoms with Crippen molar-refractivity contribution in [3.05, 3.63) is 113 Å². The van der Waals surface area contributed by atoms with Crippen LogP contribution in [0.2, 0.25) is 0 Å². The van der Waals surface area contributed by atoms with E-state index >= 15 is 0 Å². The van der Waals surface area contributed by atoms with Crippen LogP contribution in [0.25, 0.3) is 17.2 Å². The number of hydrogen-bond donors (Lipinski definition) is 3. The Kier molecular flexibility index (Phi) is 8.17. The van der Waals surface area contributed by atoms with Crippen LogP contribution in [0.15, 0.2) is 96.2 Å². The topological polar surface area (TPSA) is 61.4 Å². The Morgan fingerprint density at radius 1 is 1.00 bits per heavy atom. The molecule has 0 saturated heterocycles. The molecule has 4 nitrogen and oxygen atoms in total. The summed E-state index contributed by atoms with van der Waals surface area (Å²) in [6.45, 7) is 7.46. The van der Waals surface area contributed by atoms with E-state index in [9.17, 15) is 4.79 Å². The molecular weight excluding hydrogens is 432 g/mol. The zero-order valence-corrected chi connectivity index (χ0v) is 20.4. The summed E-state index contributed by atoms with van der Waals surface area (Å²) in [5, 5.41) is 8.97. The summed E-state index contributed by atoms with van der Waals surface area (Å²) in [6.07, 6.45) is 13.2. The number of nitrogens with one attached hydrogen (secondary N) is 2. The molecule has 0 aromatic heterocycles. The molecule has 0 bridgehead atoms. The van der Waals surface area contributed by atoms with Crippen molar-refractivity contribution in [2.75, 3.05) is 6.54 Å². The average Bonchev–Trinajstić information content (AvgIpc) is 3.54. The van der Waals surface area contributed by atoms with Crippen molar-refractivity contribution in [3.8, 4) is 0 Å². The average molecular weight is 467 g/mol. The van der Waals surface area contributed by atoms with Gasteiger partial charge < -0.3 is 10.5 Å². The molecule has 4 heteroatoms. The third kappa shape index (κ3) is 6.49. The van der Waals surface area contributed by atoms with Crippen molar-refractivity contribution in [1.29, 1.82) is 0 Å². The number of carbonyl (C=O) groups is 1. The van der Waals surface area contributed by atoms with E-state index in [1.54, 1.807) is 6.08 Å². The van der Waals surface area contributed by atoms with Crippen LogP contribution in [0.1, 0.15) is 55.7 Å². The highest BCUT2D eigenvalue weighted by Crippen LogP contribution is 2.40. The van der Waals surface area contributed by atoms with Crippen LogP contribution < -0.4 is 10.9 Å². The first kappa shape index (κ1) is 24.5. The van der Waals surface area contributed by atoms with Gasteiger partial charge in [0.2, 0.25) is 0 Å². The quantitative estimate of drug-likeness (QED) is 0.217. The number of benzene rings is 2. The van der Waals surface area contributed by atoms with Crippen LogP contribution in [-0.4, -0.2) is 17.6 Å². The third-order valence-corrected chi connectivity index (χ3v) is 6.82. The Balaban J connectivity index is 1.80. The zero-order valence-electron chi connectivity index (χ0n) is 20.4. The number of rotatable bonds is 9. The molecule has 1 aliphatic carbocycles. The molecule has 1 saturated carbocycles. The molecule has 2 aromatic carbocycles. The SMILES string of the molecule is C=C(/C=C\C1=C(C)CNN1)/C(=C(\CC1CCCC1)c1ccccc1)c1ccc(/C=C/C(=O)O)cc1. The van der Waals surface area contributed by atoms with E-state index in [4.69, 9.17) is 5.11 Å². The van der Waals surface area contributed by atoms with Gasteiger partial charge in [0.15, 0.2) is 0 Å². The maximum absolute atomic E-state index is 10.9. The predicted octanol–water partition coefficient (Wildman–Crippen LogP) is 6.77. The maximum atomic E-state index is 10.9. The monoisotopic (exact) mass is 466 g/mol. The lowest BCUT2D eigenvalue weighted by Crippen LogP contribution is -2.23. The minimum absolute atomic E-state index is 0.681. The van der Waals surface area contributed by atoms with Crippen LogP contribution in [0.5, 0.6) is 0 Å². The van der Waals surface area contributed by atoms with Gasteiger partial charge in [-0.05, 0) is 70.4 Å². The molecule has 0 unspecified atom stereocenters. The minimum atomic E-state index is -0.948. The Hall–Kier alpha value is -3.63. The van der Waals surface area contributed by atoms with Gasteiger partial charge in [-0.2, -0.15) is 0 Å². The fourth-order valence-electron chi connectivity index (χ4n) is 4.91. The second kappa shape index (κ2) is 11.7.